The number of benzene rings is 1. The summed E-state index contributed by atoms with van der Waals surface area (Å²) in [5, 5.41) is 13.2. The van der Waals surface area contributed by atoms with Crippen molar-refractivity contribution in [1.29, 1.82) is 0 Å². The highest BCUT2D eigenvalue weighted by Gasteiger charge is 2.32. The van der Waals surface area contributed by atoms with Crippen molar-refractivity contribution in [2.24, 2.45) is 12.5 Å². The van der Waals surface area contributed by atoms with E-state index in [0.717, 1.165) is 47.3 Å². The van der Waals surface area contributed by atoms with E-state index in [4.69, 9.17) is 4.74 Å². The van der Waals surface area contributed by atoms with Gasteiger partial charge in [-0.2, -0.15) is 5.10 Å². The van der Waals surface area contributed by atoms with E-state index >= 15 is 0 Å². The largest absolute Gasteiger partial charge is 0.490 e. The minimum absolute atomic E-state index is 0.155. The predicted octanol–water partition coefficient (Wildman–Crippen LogP) is 2.40. The van der Waals surface area contributed by atoms with Crippen LogP contribution >= 0.6 is 0 Å². The summed E-state index contributed by atoms with van der Waals surface area (Å²) >= 11 is 0. The SMILES string of the molecule is Cn1nc2cc(N3CCOc4cc(-c5nnc6n5CC(C)(C)C6)ccc43)ccn2c1=O. The van der Waals surface area contributed by atoms with Crippen molar-refractivity contribution in [3.05, 3.63) is 52.8 Å². The monoisotopic (exact) mass is 417 g/mol. The van der Waals surface area contributed by atoms with Gasteiger partial charge in [0.05, 0.1) is 12.2 Å². The average Bonchev–Trinajstić information content (AvgIpc) is 3.36. The number of nitrogens with zero attached hydrogens (tertiary/aromatic N) is 7. The summed E-state index contributed by atoms with van der Waals surface area (Å²) in [6, 6.07) is 10.1. The Morgan fingerprint density at radius 1 is 1.13 bits per heavy atom. The van der Waals surface area contributed by atoms with Crippen molar-refractivity contribution >= 4 is 17.0 Å². The number of anilines is 2. The van der Waals surface area contributed by atoms with Crippen LogP contribution in [-0.4, -0.2) is 42.1 Å². The molecule has 158 valence electrons. The summed E-state index contributed by atoms with van der Waals surface area (Å²) in [6.07, 6.45) is 2.71. The molecule has 5 heterocycles. The van der Waals surface area contributed by atoms with Gasteiger partial charge in [-0.1, -0.05) is 13.8 Å². The van der Waals surface area contributed by atoms with Gasteiger partial charge in [-0.25, -0.2) is 9.48 Å². The predicted molar refractivity (Wildman–Crippen MR) is 116 cm³/mol. The third-order valence-electron chi connectivity index (χ3n) is 6.10. The molecule has 9 nitrogen and oxygen atoms in total. The standard InChI is InChI=1S/C22H23N7O2/c1-22(2)12-19-23-24-20(29(19)13-22)14-4-5-16-17(10-14)31-9-8-27(16)15-6-7-28-18(11-15)25-26(3)21(28)30/h4-7,10-11H,8-9,12-13H2,1-3H3. The summed E-state index contributed by atoms with van der Waals surface area (Å²) in [7, 11) is 1.66. The lowest BCUT2D eigenvalue weighted by Crippen LogP contribution is -2.28. The Labute approximate surface area is 178 Å². The first kappa shape index (κ1) is 18.2. The smallest absolute Gasteiger partial charge is 0.350 e. The molecule has 0 saturated heterocycles. The van der Waals surface area contributed by atoms with Crippen LogP contribution in [0.15, 0.2) is 41.3 Å². The van der Waals surface area contributed by atoms with Crippen molar-refractivity contribution in [3.8, 4) is 17.1 Å². The zero-order valence-electron chi connectivity index (χ0n) is 17.7. The van der Waals surface area contributed by atoms with Crippen LogP contribution in [0.3, 0.4) is 0 Å². The Balaban J connectivity index is 1.39. The van der Waals surface area contributed by atoms with Gasteiger partial charge in [0.15, 0.2) is 11.5 Å². The molecule has 0 amide bonds. The van der Waals surface area contributed by atoms with Crippen LogP contribution in [0.5, 0.6) is 5.75 Å². The molecule has 3 aromatic heterocycles. The molecule has 0 atom stereocenters. The maximum Gasteiger partial charge on any atom is 0.350 e. The van der Waals surface area contributed by atoms with Gasteiger partial charge in [0.25, 0.3) is 0 Å². The molecule has 0 spiro atoms. The second-order valence-electron chi connectivity index (χ2n) is 9.07. The molecule has 0 saturated carbocycles. The van der Waals surface area contributed by atoms with Gasteiger partial charge in [0, 0.05) is 43.5 Å². The van der Waals surface area contributed by atoms with E-state index in [-0.39, 0.29) is 11.1 Å². The molecule has 0 N–H and O–H groups in total. The minimum Gasteiger partial charge on any atom is -0.490 e. The van der Waals surface area contributed by atoms with E-state index in [1.165, 1.54) is 4.68 Å². The molecule has 4 aromatic rings. The topological polar surface area (TPSA) is 82.5 Å². The average molecular weight is 417 g/mol. The molecule has 0 unspecified atom stereocenters. The van der Waals surface area contributed by atoms with Crippen molar-refractivity contribution in [2.75, 3.05) is 18.1 Å². The molecule has 31 heavy (non-hydrogen) atoms. The number of rotatable bonds is 2. The van der Waals surface area contributed by atoms with Crippen molar-refractivity contribution in [3.63, 3.8) is 0 Å². The van der Waals surface area contributed by atoms with Gasteiger partial charge in [0.1, 0.15) is 18.2 Å². The van der Waals surface area contributed by atoms with Crippen LogP contribution in [0.4, 0.5) is 11.4 Å². The zero-order valence-corrected chi connectivity index (χ0v) is 17.7. The summed E-state index contributed by atoms with van der Waals surface area (Å²) in [6.45, 7) is 6.71. The van der Waals surface area contributed by atoms with Gasteiger partial charge in [-0.3, -0.25) is 4.40 Å². The fourth-order valence-electron chi connectivity index (χ4n) is 4.62. The third-order valence-corrected chi connectivity index (χ3v) is 6.10. The highest BCUT2D eigenvalue weighted by atomic mass is 16.5. The second kappa shape index (κ2) is 6.19. The Bertz CT molecular complexity index is 1390. The number of fused-ring (bicyclic) bond motifs is 3. The molecule has 0 fully saturated rings. The van der Waals surface area contributed by atoms with E-state index in [2.05, 4.69) is 50.7 Å². The number of hydrogen-bond donors (Lipinski definition) is 0. The first-order valence-electron chi connectivity index (χ1n) is 10.4. The van der Waals surface area contributed by atoms with E-state index in [1.807, 2.05) is 18.2 Å². The molecule has 0 aliphatic carbocycles. The fraction of sp³-hybridized carbons (Fsp3) is 0.364. The highest BCUT2D eigenvalue weighted by molar-refractivity contribution is 5.75. The molecule has 0 bridgehead atoms. The number of aryl methyl sites for hydroxylation is 1. The van der Waals surface area contributed by atoms with E-state index in [1.54, 1.807) is 17.6 Å². The molecule has 6 rings (SSSR count). The Kier molecular flexibility index (Phi) is 3.63. The molecule has 2 aliphatic rings. The van der Waals surface area contributed by atoms with Gasteiger partial charge in [0.2, 0.25) is 0 Å². The maximum atomic E-state index is 12.1. The van der Waals surface area contributed by atoms with E-state index < -0.39 is 0 Å². The first-order valence-corrected chi connectivity index (χ1v) is 10.4. The highest BCUT2D eigenvalue weighted by Crippen LogP contribution is 2.40. The lowest BCUT2D eigenvalue weighted by atomic mass is 9.92. The number of pyridine rings is 1. The van der Waals surface area contributed by atoms with Crippen LogP contribution in [-0.2, 0) is 20.0 Å². The summed E-state index contributed by atoms with van der Waals surface area (Å²) in [5.41, 5.74) is 3.63. The number of aromatic nitrogens is 6. The van der Waals surface area contributed by atoms with Crippen molar-refractivity contribution in [2.45, 2.75) is 26.8 Å². The van der Waals surface area contributed by atoms with Gasteiger partial charge in [-0.15, -0.1) is 10.2 Å². The van der Waals surface area contributed by atoms with E-state index in [0.29, 0.717) is 18.8 Å². The summed E-state index contributed by atoms with van der Waals surface area (Å²) in [5.74, 6) is 2.74. The molecular weight excluding hydrogens is 394 g/mol. The second-order valence-corrected chi connectivity index (χ2v) is 9.07. The van der Waals surface area contributed by atoms with Crippen molar-refractivity contribution < 1.29 is 4.74 Å². The van der Waals surface area contributed by atoms with Gasteiger partial charge in [-0.05, 0) is 29.7 Å². The van der Waals surface area contributed by atoms with Crippen LogP contribution in [0.25, 0.3) is 17.0 Å². The van der Waals surface area contributed by atoms with Crippen LogP contribution in [0.2, 0.25) is 0 Å². The summed E-state index contributed by atoms with van der Waals surface area (Å²) < 4.78 is 11.1. The number of ether oxygens (including phenoxy) is 1. The quantitative estimate of drug-likeness (QED) is 0.498. The first-order chi connectivity index (χ1) is 14.9. The van der Waals surface area contributed by atoms with Crippen LogP contribution in [0, 0.1) is 5.41 Å². The van der Waals surface area contributed by atoms with Crippen LogP contribution in [0.1, 0.15) is 19.7 Å². The summed E-state index contributed by atoms with van der Waals surface area (Å²) in [4.78, 5) is 14.3. The Hall–Kier alpha value is -3.62. The third kappa shape index (κ3) is 2.76. The lowest BCUT2D eigenvalue weighted by Gasteiger charge is -2.31. The molecule has 1 aromatic carbocycles. The molecule has 2 aliphatic heterocycles. The van der Waals surface area contributed by atoms with Gasteiger partial charge < -0.3 is 14.2 Å². The normalized spacial score (nSPS) is 16.9. The van der Waals surface area contributed by atoms with E-state index in [9.17, 15) is 4.79 Å². The Morgan fingerprint density at radius 2 is 2.00 bits per heavy atom. The zero-order chi connectivity index (χ0) is 21.3. The van der Waals surface area contributed by atoms with Crippen molar-refractivity contribution in [1.82, 2.24) is 28.9 Å². The molecular formula is C22H23N7O2. The van der Waals surface area contributed by atoms with Gasteiger partial charge >= 0.3 is 5.69 Å². The maximum absolute atomic E-state index is 12.1. The minimum atomic E-state index is -0.155. The number of hydrogen-bond acceptors (Lipinski definition) is 6. The molecule has 9 heteroatoms. The fourth-order valence-corrected chi connectivity index (χ4v) is 4.62. The lowest BCUT2D eigenvalue weighted by molar-refractivity contribution is 0.314. The van der Waals surface area contributed by atoms with Crippen LogP contribution < -0.4 is 15.3 Å². The molecule has 0 radical (unpaired) electrons. The Morgan fingerprint density at radius 3 is 2.87 bits per heavy atom.